The van der Waals surface area contributed by atoms with Crippen molar-refractivity contribution in [3.05, 3.63) is 51.7 Å². The van der Waals surface area contributed by atoms with Gasteiger partial charge in [-0.15, -0.1) is 22.9 Å². The molecule has 0 saturated carbocycles. The van der Waals surface area contributed by atoms with E-state index >= 15 is 0 Å². The number of hydrogen-bond acceptors (Lipinski definition) is 2. The normalized spacial score (nSPS) is 11.4. The molecule has 0 aliphatic carbocycles. The fourth-order valence-electron chi connectivity index (χ4n) is 2.58. The zero-order valence-corrected chi connectivity index (χ0v) is 13.3. The molecule has 0 spiro atoms. The molecule has 0 N–H and O–H groups in total. The molecular formula is C16H16ClFN2S. The molecule has 0 aliphatic rings. The van der Waals surface area contributed by atoms with Crippen LogP contribution in [0.3, 0.4) is 0 Å². The van der Waals surface area contributed by atoms with Crippen LogP contribution in [0.25, 0.3) is 11.0 Å². The quantitative estimate of drug-likeness (QED) is 0.626. The van der Waals surface area contributed by atoms with Crippen LogP contribution in [0.1, 0.15) is 23.2 Å². The minimum Gasteiger partial charge on any atom is -0.323 e. The van der Waals surface area contributed by atoms with Crippen molar-refractivity contribution in [3.63, 3.8) is 0 Å². The molecule has 0 saturated heterocycles. The van der Waals surface area contributed by atoms with E-state index in [2.05, 4.69) is 27.9 Å². The highest BCUT2D eigenvalue weighted by Gasteiger charge is 2.15. The van der Waals surface area contributed by atoms with Crippen LogP contribution in [-0.4, -0.2) is 15.4 Å². The van der Waals surface area contributed by atoms with Crippen LogP contribution >= 0.6 is 22.9 Å². The fourth-order valence-corrected chi connectivity index (χ4v) is 3.71. The predicted molar refractivity (Wildman–Crippen MR) is 86.9 cm³/mol. The second-order valence-electron chi connectivity index (χ2n) is 4.88. The van der Waals surface area contributed by atoms with E-state index in [1.165, 1.54) is 16.5 Å². The summed E-state index contributed by atoms with van der Waals surface area (Å²) in [6.07, 6.45) is 1.65. The van der Waals surface area contributed by atoms with Crippen molar-refractivity contribution in [3.8, 4) is 0 Å². The van der Waals surface area contributed by atoms with E-state index in [0.29, 0.717) is 17.8 Å². The molecule has 0 radical (unpaired) electrons. The van der Waals surface area contributed by atoms with Gasteiger partial charge in [0, 0.05) is 17.2 Å². The van der Waals surface area contributed by atoms with E-state index in [-0.39, 0.29) is 5.82 Å². The SMILES string of the molecule is CCc1ccsc1Cn1c(CCCl)nc2c(F)cccc21. The number of benzene rings is 1. The molecule has 1 aromatic carbocycles. The van der Waals surface area contributed by atoms with E-state index in [1.54, 1.807) is 17.4 Å². The highest BCUT2D eigenvalue weighted by Crippen LogP contribution is 2.24. The zero-order valence-electron chi connectivity index (χ0n) is 11.8. The summed E-state index contributed by atoms with van der Waals surface area (Å²) in [4.78, 5) is 5.75. The third kappa shape index (κ3) is 2.70. The molecule has 110 valence electrons. The van der Waals surface area contributed by atoms with Crippen LogP contribution in [0, 0.1) is 5.82 Å². The Morgan fingerprint density at radius 1 is 1.33 bits per heavy atom. The summed E-state index contributed by atoms with van der Waals surface area (Å²) in [5.74, 6) is 1.06. The van der Waals surface area contributed by atoms with Gasteiger partial charge in [-0.05, 0) is 35.6 Å². The molecule has 2 nitrogen and oxygen atoms in total. The van der Waals surface area contributed by atoms with Crippen LogP contribution in [0.4, 0.5) is 4.39 Å². The lowest BCUT2D eigenvalue weighted by atomic mass is 10.2. The zero-order chi connectivity index (χ0) is 14.8. The van der Waals surface area contributed by atoms with E-state index < -0.39 is 0 Å². The van der Waals surface area contributed by atoms with Gasteiger partial charge in [0.25, 0.3) is 0 Å². The maximum atomic E-state index is 13.9. The molecule has 3 rings (SSSR count). The first kappa shape index (κ1) is 14.5. The number of imidazole rings is 1. The van der Waals surface area contributed by atoms with Gasteiger partial charge in [-0.25, -0.2) is 9.37 Å². The maximum Gasteiger partial charge on any atom is 0.151 e. The molecular weight excluding hydrogens is 307 g/mol. The highest BCUT2D eigenvalue weighted by atomic mass is 35.5. The molecule has 0 atom stereocenters. The standard InChI is InChI=1S/C16H16ClFN2S/c1-2-11-7-9-21-14(11)10-20-13-5-3-4-12(18)16(13)19-15(20)6-8-17/h3-5,7,9H,2,6,8,10H2,1H3. The number of alkyl halides is 1. The Kier molecular flexibility index (Phi) is 4.27. The van der Waals surface area contributed by atoms with Crippen molar-refractivity contribution in [2.45, 2.75) is 26.3 Å². The van der Waals surface area contributed by atoms with Gasteiger partial charge < -0.3 is 4.57 Å². The van der Waals surface area contributed by atoms with E-state index in [4.69, 9.17) is 11.6 Å². The molecule has 5 heteroatoms. The minimum absolute atomic E-state index is 0.274. The smallest absolute Gasteiger partial charge is 0.151 e. The average Bonchev–Trinajstić information content (AvgIpc) is 3.06. The number of hydrogen-bond donors (Lipinski definition) is 0. The Morgan fingerprint density at radius 3 is 2.95 bits per heavy atom. The Labute approximate surface area is 132 Å². The number of fused-ring (bicyclic) bond motifs is 1. The monoisotopic (exact) mass is 322 g/mol. The van der Waals surface area contributed by atoms with E-state index in [1.807, 2.05) is 6.07 Å². The first-order chi connectivity index (χ1) is 10.2. The number of aryl methyl sites for hydroxylation is 2. The molecule has 2 aromatic heterocycles. The van der Waals surface area contributed by atoms with E-state index in [9.17, 15) is 4.39 Å². The summed E-state index contributed by atoms with van der Waals surface area (Å²) in [5.41, 5.74) is 2.62. The summed E-state index contributed by atoms with van der Waals surface area (Å²) in [5, 5.41) is 2.11. The Hall–Kier alpha value is -1.39. The van der Waals surface area contributed by atoms with Gasteiger partial charge >= 0.3 is 0 Å². The number of rotatable bonds is 5. The number of nitrogens with zero attached hydrogens (tertiary/aromatic N) is 2. The van der Waals surface area contributed by atoms with Crippen LogP contribution in [-0.2, 0) is 19.4 Å². The third-order valence-corrected chi connectivity index (χ3v) is 4.78. The first-order valence-corrected chi connectivity index (χ1v) is 8.40. The van der Waals surface area contributed by atoms with Gasteiger partial charge in [0.2, 0.25) is 0 Å². The minimum atomic E-state index is -0.274. The summed E-state index contributed by atoms with van der Waals surface area (Å²) in [7, 11) is 0. The number of aromatic nitrogens is 2. The summed E-state index contributed by atoms with van der Waals surface area (Å²) in [6.45, 7) is 2.88. The first-order valence-electron chi connectivity index (χ1n) is 6.99. The van der Waals surface area contributed by atoms with Crippen molar-refractivity contribution in [1.82, 2.24) is 9.55 Å². The van der Waals surface area contributed by atoms with Crippen LogP contribution in [0.5, 0.6) is 0 Å². The molecule has 21 heavy (non-hydrogen) atoms. The van der Waals surface area contributed by atoms with Gasteiger partial charge in [-0.3, -0.25) is 0 Å². The average molecular weight is 323 g/mol. The maximum absolute atomic E-state index is 13.9. The van der Waals surface area contributed by atoms with Gasteiger partial charge in [-0.2, -0.15) is 0 Å². The van der Waals surface area contributed by atoms with Gasteiger partial charge in [0.05, 0.1) is 12.1 Å². The molecule has 0 bridgehead atoms. The molecule has 0 fully saturated rings. The largest absolute Gasteiger partial charge is 0.323 e. The van der Waals surface area contributed by atoms with Crippen LogP contribution < -0.4 is 0 Å². The van der Waals surface area contributed by atoms with Crippen LogP contribution in [0.15, 0.2) is 29.6 Å². The number of thiophene rings is 1. The Bertz CT molecular complexity index is 763. The summed E-state index contributed by atoms with van der Waals surface area (Å²) < 4.78 is 16.0. The second-order valence-corrected chi connectivity index (χ2v) is 6.26. The van der Waals surface area contributed by atoms with Crippen molar-refractivity contribution in [1.29, 1.82) is 0 Å². The summed E-state index contributed by atoms with van der Waals surface area (Å²) in [6, 6.07) is 7.26. The van der Waals surface area contributed by atoms with Crippen LogP contribution in [0.2, 0.25) is 0 Å². The molecule has 0 amide bonds. The number of para-hydroxylation sites is 1. The molecule has 0 aliphatic heterocycles. The van der Waals surface area contributed by atoms with Crippen molar-refractivity contribution in [2.24, 2.45) is 0 Å². The lowest BCUT2D eigenvalue weighted by molar-refractivity contribution is 0.637. The van der Waals surface area contributed by atoms with Gasteiger partial charge in [0.15, 0.2) is 5.82 Å². The molecule has 0 unspecified atom stereocenters. The van der Waals surface area contributed by atoms with Gasteiger partial charge in [0.1, 0.15) is 11.3 Å². The van der Waals surface area contributed by atoms with Crippen molar-refractivity contribution in [2.75, 3.05) is 5.88 Å². The molecule has 3 aromatic rings. The van der Waals surface area contributed by atoms with Gasteiger partial charge in [-0.1, -0.05) is 13.0 Å². The lowest BCUT2D eigenvalue weighted by Gasteiger charge is -2.09. The second kappa shape index (κ2) is 6.16. The number of halogens is 2. The van der Waals surface area contributed by atoms with Crippen molar-refractivity contribution >= 4 is 34.0 Å². The topological polar surface area (TPSA) is 17.8 Å². The third-order valence-electron chi connectivity index (χ3n) is 3.65. The van der Waals surface area contributed by atoms with Crippen molar-refractivity contribution < 1.29 is 4.39 Å². The molecule has 2 heterocycles. The lowest BCUT2D eigenvalue weighted by Crippen LogP contribution is -2.06. The predicted octanol–water partition coefficient (Wildman–Crippen LogP) is 4.63. The Balaban J connectivity index is 2.11. The fraction of sp³-hybridized carbons (Fsp3) is 0.312. The highest BCUT2D eigenvalue weighted by molar-refractivity contribution is 7.10. The Morgan fingerprint density at radius 2 is 2.19 bits per heavy atom. The van der Waals surface area contributed by atoms with E-state index in [0.717, 1.165) is 24.3 Å². The summed E-state index contributed by atoms with van der Waals surface area (Å²) >= 11 is 7.61.